The summed E-state index contributed by atoms with van der Waals surface area (Å²) in [5, 5.41) is 3.05. The molecule has 0 aromatic carbocycles. The van der Waals surface area contributed by atoms with Gasteiger partial charge in [-0.15, -0.1) is 0 Å². The highest BCUT2D eigenvalue weighted by Gasteiger charge is 2.41. The van der Waals surface area contributed by atoms with Crippen LogP contribution in [0.2, 0.25) is 0 Å². The van der Waals surface area contributed by atoms with Crippen LogP contribution in [-0.2, 0) is 0 Å². The number of nitrogens with one attached hydrogen (secondary N) is 1. The van der Waals surface area contributed by atoms with Crippen LogP contribution in [0.5, 0.6) is 0 Å². The second-order valence-corrected chi connectivity index (χ2v) is 4.32. The second-order valence-electron chi connectivity index (χ2n) is 4.32. The van der Waals surface area contributed by atoms with Gasteiger partial charge in [0.05, 0.1) is 5.54 Å². The van der Waals surface area contributed by atoms with E-state index in [9.17, 15) is 8.78 Å². The summed E-state index contributed by atoms with van der Waals surface area (Å²) in [6.45, 7) is 7.32. The largest absolute Gasteiger partial charge is 0.306 e. The minimum absolute atomic E-state index is 0.568. The molecular weight excluding hydrogens is 198 g/mol. The quantitative estimate of drug-likeness (QED) is 0.763. The predicted octanol–water partition coefficient (Wildman–Crippen LogP) is 2.11. The highest BCUT2D eigenvalue weighted by molar-refractivity contribution is 4.95. The van der Waals surface area contributed by atoms with Crippen molar-refractivity contribution in [2.75, 3.05) is 26.2 Å². The van der Waals surface area contributed by atoms with E-state index >= 15 is 0 Å². The first kappa shape index (κ1) is 12.8. The smallest absolute Gasteiger partial charge is 0.256 e. The number of nitrogens with zero attached hydrogens (tertiary/aromatic N) is 1. The molecule has 2 nitrogen and oxygen atoms in total. The molecule has 0 aromatic rings. The molecule has 0 spiro atoms. The van der Waals surface area contributed by atoms with Gasteiger partial charge in [0.25, 0.3) is 6.43 Å². The molecule has 1 rings (SSSR count). The molecule has 1 heterocycles. The lowest BCUT2D eigenvalue weighted by atomic mass is 9.87. The zero-order chi connectivity index (χ0) is 11.3. The maximum atomic E-state index is 13.0. The molecule has 0 aromatic heterocycles. The highest BCUT2D eigenvalue weighted by Crippen LogP contribution is 2.28. The highest BCUT2D eigenvalue weighted by atomic mass is 19.3. The van der Waals surface area contributed by atoms with Crippen molar-refractivity contribution in [1.82, 2.24) is 10.2 Å². The van der Waals surface area contributed by atoms with Gasteiger partial charge in [-0.1, -0.05) is 13.8 Å². The zero-order valence-corrected chi connectivity index (χ0v) is 9.73. The molecule has 1 saturated heterocycles. The van der Waals surface area contributed by atoms with Gasteiger partial charge in [0.15, 0.2) is 0 Å². The van der Waals surface area contributed by atoms with Crippen molar-refractivity contribution >= 4 is 0 Å². The van der Waals surface area contributed by atoms with Crippen LogP contribution < -0.4 is 5.32 Å². The monoisotopic (exact) mass is 220 g/mol. The van der Waals surface area contributed by atoms with E-state index in [0.717, 1.165) is 26.1 Å². The van der Waals surface area contributed by atoms with E-state index in [0.29, 0.717) is 19.4 Å². The molecule has 0 atom stereocenters. The Balaban J connectivity index is 2.52. The summed E-state index contributed by atoms with van der Waals surface area (Å²) in [6.07, 6.45) is -0.203. The average molecular weight is 220 g/mol. The third kappa shape index (κ3) is 3.11. The van der Waals surface area contributed by atoms with Crippen molar-refractivity contribution in [3.05, 3.63) is 0 Å². The summed E-state index contributed by atoms with van der Waals surface area (Å²) >= 11 is 0. The van der Waals surface area contributed by atoms with Crippen LogP contribution in [0.1, 0.15) is 33.1 Å². The molecule has 0 saturated carbocycles. The summed E-state index contributed by atoms with van der Waals surface area (Å²) < 4.78 is 26.1. The minimum atomic E-state index is -2.25. The summed E-state index contributed by atoms with van der Waals surface area (Å²) in [5.74, 6) is 0. The molecule has 1 N–H and O–H groups in total. The van der Waals surface area contributed by atoms with E-state index in [1.165, 1.54) is 0 Å². The van der Waals surface area contributed by atoms with Crippen molar-refractivity contribution < 1.29 is 8.78 Å². The fourth-order valence-electron chi connectivity index (χ4n) is 2.11. The topological polar surface area (TPSA) is 15.3 Å². The van der Waals surface area contributed by atoms with Gasteiger partial charge in [0, 0.05) is 13.1 Å². The molecule has 1 fully saturated rings. The Morgan fingerprint density at radius 1 is 1.27 bits per heavy atom. The maximum absolute atomic E-state index is 13.0. The van der Waals surface area contributed by atoms with Crippen molar-refractivity contribution in [1.29, 1.82) is 0 Å². The van der Waals surface area contributed by atoms with Crippen molar-refractivity contribution in [2.45, 2.75) is 45.1 Å². The summed E-state index contributed by atoms with van der Waals surface area (Å²) in [6, 6.07) is 0. The van der Waals surface area contributed by atoms with Gasteiger partial charge < -0.3 is 10.2 Å². The van der Waals surface area contributed by atoms with Gasteiger partial charge >= 0.3 is 0 Å². The fraction of sp³-hybridized carbons (Fsp3) is 1.00. The molecular formula is C11H22F2N2. The number of hydrogen-bond acceptors (Lipinski definition) is 2. The molecule has 0 amide bonds. The summed E-state index contributed by atoms with van der Waals surface area (Å²) in [4.78, 5) is 2.23. The van der Waals surface area contributed by atoms with Gasteiger partial charge in [-0.2, -0.15) is 0 Å². The van der Waals surface area contributed by atoms with Crippen molar-refractivity contribution in [2.24, 2.45) is 0 Å². The van der Waals surface area contributed by atoms with Gasteiger partial charge in [0.1, 0.15) is 0 Å². The Morgan fingerprint density at radius 3 is 2.27 bits per heavy atom. The van der Waals surface area contributed by atoms with E-state index in [1.807, 2.05) is 6.92 Å². The Bertz CT molecular complexity index is 177. The second kappa shape index (κ2) is 5.75. The number of likely N-dealkylation sites (tertiary alicyclic amines) is 1. The molecule has 4 heteroatoms. The number of halogens is 2. The van der Waals surface area contributed by atoms with Crippen LogP contribution in [0.3, 0.4) is 0 Å². The van der Waals surface area contributed by atoms with E-state index in [2.05, 4.69) is 17.1 Å². The van der Waals surface area contributed by atoms with Crippen LogP contribution in [0.4, 0.5) is 8.78 Å². The Morgan fingerprint density at radius 2 is 1.87 bits per heavy atom. The number of rotatable bonds is 5. The van der Waals surface area contributed by atoms with Crippen molar-refractivity contribution in [3.63, 3.8) is 0 Å². The van der Waals surface area contributed by atoms with Crippen molar-refractivity contribution in [3.8, 4) is 0 Å². The third-order valence-electron chi connectivity index (χ3n) is 3.34. The van der Waals surface area contributed by atoms with Crippen LogP contribution in [0.25, 0.3) is 0 Å². The molecule has 1 aliphatic heterocycles. The molecule has 1 aliphatic rings. The van der Waals surface area contributed by atoms with Gasteiger partial charge in [0.2, 0.25) is 0 Å². The average Bonchev–Trinajstić information content (AvgIpc) is 2.27. The molecule has 0 aliphatic carbocycles. The lowest BCUT2D eigenvalue weighted by molar-refractivity contribution is -0.00999. The maximum Gasteiger partial charge on any atom is 0.256 e. The van der Waals surface area contributed by atoms with Gasteiger partial charge in [-0.25, -0.2) is 8.78 Å². The first-order chi connectivity index (χ1) is 7.14. The van der Waals surface area contributed by atoms with Crippen LogP contribution in [0.15, 0.2) is 0 Å². The van der Waals surface area contributed by atoms with Gasteiger partial charge in [-0.05, 0) is 32.4 Å². The van der Waals surface area contributed by atoms with E-state index in [1.54, 1.807) is 0 Å². The first-order valence-electron chi connectivity index (χ1n) is 5.90. The Kier molecular flexibility index (Phi) is 4.93. The van der Waals surface area contributed by atoms with Gasteiger partial charge in [-0.3, -0.25) is 0 Å². The minimum Gasteiger partial charge on any atom is -0.306 e. The number of alkyl halides is 2. The fourth-order valence-corrected chi connectivity index (χ4v) is 2.11. The molecule has 90 valence electrons. The lowest BCUT2D eigenvalue weighted by Gasteiger charge is -2.41. The van der Waals surface area contributed by atoms with Crippen LogP contribution >= 0.6 is 0 Å². The summed E-state index contributed by atoms with van der Waals surface area (Å²) in [5.41, 5.74) is -0.915. The third-order valence-corrected chi connectivity index (χ3v) is 3.34. The predicted molar refractivity (Wildman–Crippen MR) is 58.4 cm³/mol. The SMILES string of the molecule is CCCNC1(C(F)F)CCN(CC)CC1. The first-order valence-corrected chi connectivity index (χ1v) is 5.90. The summed E-state index contributed by atoms with van der Waals surface area (Å²) in [7, 11) is 0. The number of piperidine rings is 1. The number of hydrogen-bond donors (Lipinski definition) is 1. The van der Waals surface area contributed by atoms with E-state index in [-0.39, 0.29) is 0 Å². The molecule has 0 bridgehead atoms. The van der Waals surface area contributed by atoms with Crippen LogP contribution in [-0.4, -0.2) is 43.0 Å². The lowest BCUT2D eigenvalue weighted by Crippen LogP contribution is -2.58. The molecule has 0 radical (unpaired) electrons. The van der Waals surface area contributed by atoms with Crippen LogP contribution in [0, 0.1) is 0 Å². The molecule has 0 unspecified atom stereocenters. The molecule has 15 heavy (non-hydrogen) atoms. The standard InChI is InChI=1S/C11H22F2N2/c1-3-7-14-11(10(12)13)5-8-15(4-2)9-6-11/h10,14H,3-9H2,1-2H3. The van der Waals surface area contributed by atoms with E-state index < -0.39 is 12.0 Å². The van der Waals surface area contributed by atoms with E-state index in [4.69, 9.17) is 0 Å². The Labute approximate surface area is 91.0 Å². The zero-order valence-electron chi connectivity index (χ0n) is 9.73. The Hall–Kier alpha value is -0.220. The normalized spacial score (nSPS) is 22.2.